The van der Waals surface area contributed by atoms with Crippen molar-refractivity contribution in [3.05, 3.63) is 50.6 Å². The lowest BCUT2D eigenvalue weighted by atomic mass is 10.2. The second kappa shape index (κ2) is 6.02. The van der Waals surface area contributed by atoms with E-state index in [1.807, 2.05) is 23.6 Å². The second-order valence-electron chi connectivity index (χ2n) is 3.61. The third kappa shape index (κ3) is 3.11. The maximum atomic E-state index is 12.1. The van der Waals surface area contributed by atoms with Gasteiger partial charge in [0.25, 0.3) is 5.91 Å². The quantitative estimate of drug-likeness (QED) is 0.935. The monoisotopic (exact) mass is 325 g/mol. The van der Waals surface area contributed by atoms with E-state index in [1.165, 1.54) is 0 Å². The summed E-state index contributed by atoms with van der Waals surface area (Å²) in [5.74, 6) is 0.434. The smallest absolute Gasteiger partial charge is 0.255 e. The number of rotatable bonds is 4. The summed E-state index contributed by atoms with van der Waals surface area (Å²) in [5.41, 5.74) is 0.531. The molecule has 0 aliphatic heterocycles. The van der Waals surface area contributed by atoms with E-state index < -0.39 is 0 Å². The molecule has 5 heteroatoms. The number of thiophene rings is 1. The molecule has 1 heterocycles. The summed E-state index contributed by atoms with van der Waals surface area (Å²) < 4.78 is 6.03. The molecule has 0 aliphatic rings. The molecule has 0 unspecified atom stereocenters. The van der Waals surface area contributed by atoms with E-state index in [4.69, 9.17) is 4.74 Å². The summed E-state index contributed by atoms with van der Waals surface area (Å²) in [5, 5.41) is 4.86. The second-order valence-corrected chi connectivity index (χ2v) is 5.55. The third-order valence-corrected chi connectivity index (χ3v) is 3.78. The summed E-state index contributed by atoms with van der Waals surface area (Å²) in [6, 6.07) is 9.32. The van der Waals surface area contributed by atoms with Gasteiger partial charge in [0.2, 0.25) is 0 Å². The van der Waals surface area contributed by atoms with E-state index in [1.54, 1.807) is 30.6 Å². The van der Waals surface area contributed by atoms with Crippen LogP contribution in [0.3, 0.4) is 0 Å². The molecule has 0 saturated heterocycles. The molecule has 1 aromatic heterocycles. The van der Waals surface area contributed by atoms with Gasteiger partial charge in [-0.05, 0) is 29.6 Å². The molecule has 0 radical (unpaired) electrons. The van der Waals surface area contributed by atoms with Crippen molar-refractivity contribution in [2.75, 3.05) is 7.11 Å². The topological polar surface area (TPSA) is 38.3 Å². The molecule has 0 aliphatic carbocycles. The molecule has 18 heavy (non-hydrogen) atoms. The molecule has 0 atom stereocenters. The molecule has 1 N–H and O–H groups in total. The predicted octanol–water partition coefficient (Wildman–Crippen LogP) is 3.45. The highest BCUT2D eigenvalue weighted by Crippen LogP contribution is 2.23. The van der Waals surface area contributed by atoms with E-state index in [-0.39, 0.29) is 5.91 Å². The normalized spacial score (nSPS) is 10.1. The van der Waals surface area contributed by atoms with Crippen LogP contribution in [-0.4, -0.2) is 13.0 Å². The average molecular weight is 326 g/mol. The van der Waals surface area contributed by atoms with Gasteiger partial charge in [0.15, 0.2) is 0 Å². The number of carbonyl (C=O) groups excluding carboxylic acids is 1. The number of hydrogen-bond donors (Lipinski definition) is 1. The number of amides is 1. The Hall–Kier alpha value is -1.33. The largest absolute Gasteiger partial charge is 0.496 e. The van der Waals surface area contributed by atoms with E-state index in [0.29, 0.717) is 17.9 Å². The highest BCUT2D eigenvalue weighted by Gasteiger charge is 2.12. The van der Waals surface area contributed by atoms with Crippen molar-refractivity contribution in [2.24, 2.45) is 0 Å². The van der Waals surface area contributed by atoms with Crippen molar-refractivity contribution >= 4 is 33.2 Å². The maximum absolute atomic E-state index is 12.1. The summed E-state index contributed by atoms with van der Waals surface area (Å²) in [6.07, 6.45) is 0. The van der Waals surface area contributed by atoms with E-state index in [2.05, 4.69) is 21.2 Å². The van der Waals surface area contributed by atoms with Crippen LogP contribution >= 0.6 is 27.3 Å². The number of carbonyl (C=O) groups is 1. The number of methoxy groups -OCH3 is 1. The molecular formula is C13H12BrNO2S. The highest BCUT2D eigenvalue weighted by atomic mass is 79.9. The van der Waals surface area contributed by atoms with E-state index in [9.17, 15) is 4.79 Å². The van der Waals surface area contributed by atoms with Gasteiger partial charge in [-0.1, -0.05) is 22.0 Å². The summed E-state index contributed by atoms with van der Waals surface area (Å²) >= 11 is 4.97. The van der Waals surface area contributed by atoms with Crippen molar-refractivity contribution in [3.8, 4) is 5.75 Å². The molecular weight excluding hydrogens is 314 g/mol. The number of nitrogens with one attached hydrogen (secondary N) is 1. The minimum Gasteiger partial charge on any atom is -0.496 e. The first kappa shape index (κ1) is 13.1. The van der Waals surface area contributed by atoms with Gasteiger partial charge >= 0.3 is 0 Å². The third-order valence-electron chi connectivity index (χ3n) is 2.41. The van der Waals surface area contributed by atoms with Crippen LogP contribution < -0.4 is 10.1 Å². The van der Waals surface area contributed by atoms with Gasteiger partial charge in [0.1, 0.15) is 5.75 Å². The summed E-state index contributed by atoms with van der Waals surface area (Å²) in [6.45, 7) is 0.534. The zero-order valence-corrected chi connectivity index (χ0v) is 12.2. The van der Waals surface area contributed by atoms with Gasteiger partial charge in [-0.2, -0.15) is 0 Å². The van der Waals surface area contributed by atoms with Gasteiger partial charge in [0, 0.05) is 9.35 Å². The molecule has 1 amide bonds. The standard InChI is InChI=1S/C13H12BrNO2S/c1-17-12-5-4-9(14)7-11(12)13(16)15-8-10-3-2-6-18-10/h2-7H,8H2,1H3,(H,15,16). The van der Waals surface area contributed by atoms with Crippen molar-refractivity contribution in [1.29, 1.82) is 0 Å². The Kier molecular flexibility index (Phi) is 4.38. The zero-order valence-electron chi connectivity index (χ0n) is 9.77. The van der Waals surface area contributed by atoms with Gasteiger partial charge in [-0.25, -0.2) is 0 Å². The molecule has 94 valence electrons. The minimum atomic E-state index is -0.137. The first-order valence-corrected chi connectivity index (χ1v) is 7.02. The lowest BCUT2D eigenvalue weighted by molar-refractivity contribution is 0.0948. The molecule has 3 nitrogen and oxygen atoms in total. The molecule has 0 spiro atoms. The van der Waals surface area contributed by atoms with Gasteiger partial charge in [0.05, 0.1) is 19.2 Å². The lowest BCUT2D eigenvalue weighted by Crippen LogP contribution is -2.22. The number of hydrogen-bond acceptors (Lipinski definition) is 3. The van der Waals surface area contributed by atoms with Crippen LogP contribution in [-0.2, 0) is 6.54 Å². The fraction of sp³-hybridized carbons (Fsp3) is 0.154. The van der Waals surface area contributed by atoms with E-state index >= 15 is 0 Å². The van der Waals surface area contributed by atoms with Gasteiger partial charge in [-0.3, -0.25) is 4.79 Å². The zero-order chi connectivity index (χ0) is 13.0. The van der Waals surface area contributed by atoms with Crippen LogP contribution in [0.25, 0.3) is 0 Å². The Balaban J connectivity index is 2.10. The maximum Gasteiger partial charge on any atom is 0.255 e. The van der Waals surface area contributed by atoms with Gasteiger partial charge < -0.3 is 10.1 Å². The average Bonchev–Trinajstić information content (AvgIpc) is 2.89. The van der Waals surface area contributed by atoms with Crippen LogP contribution in [0.15, 0.2) is 40.2 Å². The fourth-order valence-corrected chi connectivity index (χ4v) is 2.54. The molecule has 2 aromatic rings. The van der Waals surface area contributed by atoms with Crippen molar-refractivity contribution in [1.82, 2.24) is 5.32 Å². The Labute approximate surface area is 118 Å². The van der Waals surface area contributed by atoms with Crippen LogP contribution in [0.5, 0.6) is 5.75 Å². The molecule has 0 bridgehead atoms. The summed E-state index contributed by atoms with van der Waals surface area (Å²) in [7, 11) is 1.55. The highest BCUT2D eigenvalue weighted by molar-refractivity contribution is 9.10. The van der Waals surface area contributed by atoms with E-state index in [0.717, 1.165) is 9.35 Å². The molecule has 0 saturated carbocycles. The van der Waals surface area contributed by atoms with Crippen molar-refractivity contribution < 1.29 is 9.53 Å². The van der Waals surface area contributed by atoms with Crippen LogP contribution in [0.1, 0.15) is 15.2 Å². The number of benzene rings is 1. The van der Waals surface area contributed by atoms with Crippen molar-refractivity contribution in [3.63, 3.8) is 0 Å². The molecule has 1 aromatic carbocycles. The first-order valence-electron chi connectivity index (χ1n) is 5.35. The molecule has 0 fully saturated rings. The fourth-order valence-electron chi connectivity index (χ4n) is 1.53. The Morgan fingerprint density at radius 2 is 2.28 bits per heavy atom. The van der Waals surface area contributed by atoms with Gasteiger partial charge in [-0.15, -0.1) is 11.3 Å². The van der Waals surface area contributed by atoms with Crippen LogP contribution in [0, 0.1) is 0 Å². The SMILES string of the molecule is COc1ccc(Br)cc1C(=O)NCc1cccs1. The Morgan fingerprint density at radius 3 is 2.94 bits per heavy atom. The van der Waals surface area contributed by atoms with Crippen LogP contribution in [0.4, 0.5) is 0 Å². The van der Waals surface area contributed by atoms with Crippen molar-refractivity contribution in [2.45, 2.75) is 6.54 Å². The molecule has 2 rings (SSSR count). The first-order chi connectivity index (χ1) is 8.70. The number of halogens is 1. The minimum absolute atomic E-state index is 0.137. The Bertz CT molecular complexity index is 540. The van der Waals surface area contributed by atoms with Crippen LogP contribution in [0.2, 0.25) is 0 Å². The summed E-state index contributed by atoms with van der Waals surface area (Å²) in [4.78, 5) is 13.2. The number of ether oxygens (including phenoxy) is 1. The predicted molar refractivity (Wildman–Crippen MR) is 76.2 cm³/mol. The lowest BCUT2D eigenvalue weighted by Gasteiger charge is -2.09. The Morgan fingerprint density at radius 1 is 1.44 bits per heavy atom.